The fraction of sp³-hybridized carbons (Fsp3) is 0.250. The van der Waals surface area contributed by atoms with Crippen LogP contribution in [0.4, 0.5) is 0 Å². The molecule has 0 atom stereocenters. The number of ether oxygens (including phenoxy) is 1. The number of aliphatic imine (C=N–C) groups is 1. The molecule has 23 heavy (non-hydrogen) atoms. The maximum Gasteiger partial charge on any atom is 0.283 e. The van der Waals surface area contributed by atoms with Gasteiger partial charge in [0, 0.05) is 5.92 Å². The van der Waals surface area contributed by atoms with Crippen molar-refractivity contribution >= 4 is 39.8 Å². The van der Waals surface area contributed by atoms with Crippen LogP contribution in [0.1, 0.15) is 19.4 Å². The van der Waals surface area contributed by atoms with Gasteiger partial charge >= 0.3 is 0 Å². The number of amidine groups is 2. The third-order valence-corrected chi connectivity index (χ3v) is 4.60. The van der Waals surface area contributed by atoms with Crippen LogP contribution in [0.15, 0.2) is 39.9 Å². The van der Waals surface area contributed by atoms with Crippen molar-refractivity contribution < 1.29 is 9.53 Å². The topological polar surface area (TPSA) is 78.1 Å². The second-order valence-corrected chi connectivity index (χ2v) is 6.37. The largest absolute Gasteiger partial charge is 0.497 e. The number of amides is 1. The number of hydrogen-bond acceptors (Lipinski definition) is 5. The molecule has 7 heteroatoms. The normalized spacial score (nSPS) is 19.1. The number of carbonyl (C=O) groups is 1. The van der Waals surface area contributed by atoms with Crippen LogP contribution in [-0.4, -0.2) is 34.1 Å². The Morgan fingerprint density at radius 2 is 2.00 bits per heavy atom. The van der Waals surface area contributed by atoms with Crippen LogP contribution < -0.4 is 4.74 Å². The van der Waals surface area contributed by atoms with Gasteiger partial charge < -0.3 is 4.74 Å². The third-order valence-electron chi connectivity index (χ3n) is 3.39. The number of hydrogen-bond donors (Lipinski definition) is 1. The summed E-state index contributed by atoms with van der Waals surface area (Å²) < 4.78 is 5.11. The Labute approximate surface area is 138 Å². The van der Waals surface area contributed by atoms with E-state index in [2.05, 4.69) is 10.1 Å². The Morgan fingerprint density at radius 3 is 2.61 bits per heavy atom. The number of methoxy groups -OCH3 is 1. The van der Waals surface area contributed by atoms with Gasteiger partial charge in [0.15, 0.2) is 5.84 Å². The highest BCUT2D eigenvalue weighted by Crippen LogP contribution is 2.30. The molecule has 2 aliphatic rings. The quantitative estimate of drug-likeness (QED) is 0.865. The molecule has 0 radical (unpaired) electrons. The van der Waals surface area contributed by atoms with Crippen molar-refractivity contribution in [3.8, 4) is 5.75 Å². The molecule has 6 nitrogen and oxygen atoms in total. The zero-order valence-corrected chi connectivity index (χ0v) is 13.8. The van der Waals surface area contributed by atoms with Gasteiger partial charge in [0.25, 0.3) is 5.91 Å². The Balaban J connectivity index is 1.93. The summed E-state index contributed by atoms with van der Waals surface area (Å²) in [5, 5.41) is 15.4. The monoisotopic (exact) mass is 328 g/mol. The molecule has 0 unspecified atom stereocenters. The van der Waals surface area contributed by atoms with Crippen LogP contribution in [0.5, 0.6) is 5.75 Å². The van der Waals surface area contributed by atoms with Crippen molar-refractivity contribution in [2.24, 2.45) is 16.0 Å². The van der Waals surface area contributed by atoms with Gasteiger partial charge in [-0.3, -0.25) is 10.2 Å². The first-order chi connectivity index (χ1) is 11.0. The standard InChI is InChI=1S/C16H16N4O2S/c1-9(2)15-19-20-13(17)12(14(21)18-16(20)23-15)8-10-4-6-11(22-3)7-5-10/h4-9,17H,1-3H3/b12-8+,17-13?. The fourth-order valence-electron chi connectivity index (χ4n) is 2.11. The Hall–Kier alpha value is -2.41. The summed E-state index contributed by atoms with van der Waals surface area (Å²) in [5.41, 5.74) is 1.03. The van der Waals surface area contributed by atoms with Crippen molar-refractivity contribution in [1.29, 1.82) is 5.41 Å². The second-order valence-electron chi connectivity index (χ2n) is 5.39. The zero-order valence-electron chi connectivity index (χ0n) is 13.0. The lowest BCUT2D eigenvalue weighted by Gasteiger charge is -2.20. The van der Waals surface area contributed by atoms with Gasteiger partial charge in [0.05, 0.1) is 12.7 Å². The van der Waals surface area contributed by atoms with Gasteiger partial charge in [-0.2, -0.15) is 15.1 Å². The molecule has 0 saturated heterocycles. The molecule has 118 valence electrons. The molecule has 2 aliphatic heterocycles. The van der Waals surface area contributed by atoms with Crippen molar-refractivity contribution in [3.05, 3.63) is 35.4 Å². The predicted octanol–water partition coefficient (Wildman–Crippen LogP) is 2.97. The fourth-order valence-corrected chi connectivity index (χ4v) is 3.00. The van der Waals surface area contributed by atoms with E-state index >= 15 is 0 Å². The highest BCUT2D eigenvalue weighted by molar-refractivity contribution is 8.27. The number of nitrogens with one attached hydrogen (secondary N) is 1. The molecule has 0 saturated carbocycles. The molecule has 0 aliphatic carbocycles. The molecule has 0 spiro atoms. The number of carbonyl (C=O) groups excluding carboxylic acids is 1. The Morgan fingerprint density at radius 1 is 1.30 bits per heavy atom. The summed E-state index contributed by atoms with van der Waals surface area (Å²) in [7, 11) is 1.60. The van der Waals surface area contributed by atoms with Crippen molar-refractivity contribution in [2.45, 2.75) is 13.8 Å². The van der Waals surface area contributed by atoms with Crippen molar-refractivity contribution in [3.63, 3.8) is 0 Å². The summed E-state index contributed by atoms with van der Waals surface area (Å²) in [6, 6.07) is 7.26. The zero-order chi connectivity index (χ0) is 16.6. The predicted molar refractivity (Wildman–Crippen MR) is 92.8 cm³/mol. The van der Waals surface area contributed by atoms with Crippen LogP contribution in [0, 0.1) is 11.3 Å². The lowest BCUT2D eigenvalue weighted by Crippen LogP contribution is -2.35. The third kappa shape index (κ3) is 2.92. The highest BCUT2D eigenvalue weighted by Gasteiger charge is 2.36. The highest BCUT2D eigenvalue weighted by atomic mass is 32.2. The minimum absolute atomic E-state index is 0.0546. The van der Waals surface area contributed by atoms with E-state index in [4.69, 9.17) is 10.1 Å². The van der Waals surface area contributed by atoms with E-state index in [1.807, 2.05) is 26.0 Å². The van der Waals surface area contributed by atoms with E-state index in [9.17, 15) is 4.79 Å². The summed E-state index contributed by atoms with van der Waals surface area (Å²) in [5.74, 6) is 0.605. The minimum Gasteiger partial charge on any atom is -0.497 e. The lowest BCUT2D eigenvalue weighted by molar-refractivity contribution is -0.114. The SMILES string of the molecule is COc1ccc(/C=C2\C(=N)N3N=C(C(C)C)SC3=NC2=O)cc1. The number of nitrogens with zero attached hydrogens (tertiary/aromatic N) is 3. The molecule has 3 rings (SSSR count). The van der Waals surface area contributed by atoms with Crippen LogP contribution >= 0.6 is 11.8 Å². The number of hydrazone groups is 1. The van der Waals surface area contributed by atoms with Gasteiger partial charge in [-0.1, -0.05) is 26.0 Å². The van der Waals surface area contributed by atoms with E-state index in [-0.39, 0.29) is 17.3 Å². The van der Waals surface area contributed by atoms with E-state index in [1.54, 1.807) is 25.3 Å². The van der Waals surface area contributed by atoms with Crippen molar-refractivity contribution in [1.82, 2.24) is 5.01 Å². The number of fused-ring (bicyclic) bond motifs is 1. The van der Waals surface area contributed by atoms with Crippen molar-refractivity contribution in [2.75, 3.05) is 7.11 Å². The number of rotatable bonds is 3. The van der Waals surface area contributed by atoms with Gasteiger partial charge in [-0.15, -0.1) is 0 Å². The molecule has 1 aromatic carbocycles. The molecule has 2 heterocycles. The maximum absolute atomic E-state index is 12.2. The average molecular weight is 328 g/mol. The molecule has 0 fully saturated rings. The van der Waals surface area contributed by atoms with Gasteiger partial charge in [-0.25, -0.2) is 0 Å². The van der Waals surface area contributed by atoms with Crippen LogP contribution in [0.2, 0.25) is 0 Å². The second kappa shape index (κ2) is 6.00. The first kappa shape index (κ1) is 15.5. The van der Waals surface area contributed by atoms with E-state index in [1.165, 1.54) is 16.8 Å². The molecule has 1 amide bonds. The average Bonchev–Trinajstić information content (AvgIpc) is 2.96. The summed E-state index contributed by atoms with van der Waals surface area (Å²) >= 11 is 1.34. The van der Waals surface area contributed by atoms with Crippen LogP contribution in [-0.2, 0) is 4.79 Å². The smallest absolute Gasteiger partial charge is 0.283 e. The van der Waals surface area contributed by atoms with Crippen LogP contribution in [0.25, 0.3) is 6.08 Å². The van der Waals surface area contributed by atoms with E-state index in [0.717, 1.165) is 16.4 Å². The molecular weight excluding hydrogens is 312 g/mol. The van der Waals surface area contributed by atoms with E-state index in [0.29, 0.717) is 5.17 Å². The summed E-state index contributed by atoms with van der Waals surface area (Å²) in [4.78, 5) is 16.3. The molecular formula is C16H16N4O2S. The lowest BCUT2D eigenvalue weighted by atomic mass is 10.1. The number of benzene rings is 1. The Kier molecular flexibility index (Phi) is 4.04. The number of thioether (sulfide) groups is 1. The van der Waals surface area contributed by atoms with Gasteiger partial charge in [-0.05, 0) is 35.5 Å². The summed E-state index contributed by atoms with van der Waals surface area (Å²) in [6.45, 7) is 4.04. The molecule has 0 aromatic heterocycles. The minimum atomic E-state index is -0.412. The maximum atomic E-state index is 12.2. The molecule has 1 aromatic rings. The summed E-state index contributed by atoms with van der Waals surface area (Å²) in [6.07, 6.45) is 1.65. The Bertz CT molecular complexity index is 763. The van der Waals surface area contributed by atoms with Gasteiger partial charge in [0.2, 0.25) is 5.17 Å². The molecule has 0 bridgehead atoms. The first-order valence-electron chi connectivity index (χ1n) is 7.13. The van der Waals surface area contributed by atoms with Crippen LogP contribution in [0.3, 0.4) is 0 Å². The first-order valence-corrected chi connectivity index (χ1v) is 7.95. The van der Waals surface area contributed by atoms with E-state index < -0.39 is 5.91 Å². The van der Waals surface area contributed by atoms with Gasteiger partial charge in [0.1, 0.15) is 10.8 Å². The molecule has 1 N–H and O–H groups in total.